The largest absolute Gasteiger partial charge is 0.354 e. The quantitative estimate of drug-likeness (QED) is 0.331. The van der Waals surface area contributed by atoms with Gasteiger partial charge in [-0.2, -0.15) is 15.1 Å². The molecule has 4 aromatic rings. The minimum absolute atomic E-state index is 0.484. The highest BCUT2D eigenvalue weighted by atomic mass is 15.3. The van der Waals surface area contributed by atoms with Gasteiger partial charge in [0.25, 0.3) is 0 Å². The minimum Gasteiger partial charge on any atom is -0.354 e. The summed E-state index contributed by atoms with van der Waals surface area (Å²) in [6.45, 7) is 9.33. The second-order valence-corrected chi connectivity index (χ2v) is 8.72. The van der Waals surface area contributed by atoms with E-state index in [0.717, 1.165) is 48.6 Å². The van der Waals surface area contributed by atoms with Crippen LogP contribution in [0.2, 0.25) is 0 Å². The summed E-state index contributed by atoms with van der Waals surface area (Å²) in [5, 5.41) is 12.1. The third-order valence-electron chi connectivity index (χ3n) is 5.77. The number of benzene rings is 2. The van der Waals surface area contributed by atoms with Gasteiger partial charge in [-0.3, -0.25) is 9.58 Å². The molecule has 0 bridgehead atoms. The van der Waals surface area contributed by atoms with Crippen molar-refractivity contribution in [2.24, 2.45) is 7.05 Å². The Morgan fingerprint density at radius 2 is 1.76 bits per heavy atom. The van der Waals surface area contributed by atoms with E-state index in [-0.39, 0.29) is 0 Å². The zero-order valence-corrected chi connectivity index (χ0v) is 19.9. The lowest BCUT2D eigenvalue weighted by molar-refractivity contribution is 0.212. The average molecular weight is 444 g/mol. The molecule has 0 aliphatic heterocycles. The smallest absolute Gasteiger partial charge is 0.226 e. The molecule has 0 spiro atoms. The summed E-state index contributed by atoms with van der Waals surface area (Å²) < 4.78 is 1.78. The first-order valence-electron chi connectivity index (χ1n) is 11.5. The van der Waals surface area contributed by atoms with Crippen LogP contribution in [0.5, 0.6) is 0 Å². The van der Waals surface area contributed by atoms with Crippen molar-refractivity contribution in [1.29, 1.82) is 0 Å². The van der Waals surface area contributed by atoms with E-state index >= 15 is 0 Å². The molecular weight excluding hydrogens is 410 g/mol. The summed E-state index contributed by atoms with van der Waals surface area (Å²) in [5.74, 6) is 1.37. The lowest BCUT2D eigenvalue weighted by atomic mass is 10.2. The number of hydrogen-bond acceptors (Lipinski definition) is 6. The SMILES string of the molecule is Cc1ccc(Nc2nc(NCCCN(Cc3ccccc3)C(C)C)nc3c2cnn3C)cc1. The van der Waals surface area contributed by atoms with Crippen LogP contribution in [0.15, 0.2) is 60.8 Å². The second kappa shape index (κ2) is 10.4. The molecule has 2 heterocycles. The number of hydrogen-bond donors (Lipinski definition) is 2. The average Bonchev–Trinajstić information content (AvgIpc) is 3.19. The van der Waals surface area contributed by atoms with Gasteiger partial charge in [-0.05, 0) is 44.9 Å². The maximum atomic E-state index is 4.75. The lowest BCUT2D eigenvalue weighted by Crippen LogP contribution is -2.32. The van der Waals surface area contributed by atoms with E-state index in [0.29, 0.717) is 12.0 Å². The molecular formula is C26H33N7. The van der Waals surface area contributed by atoms with Gasteiger partial charge in [0.15, 0.2) is 5.65 Å². The first-order chi connectivity index (χ1) is 16.0. The fourth-order valence-electron chi connectivity index (χ4n) is 3.79. The van der Waals surface area contributed by atoms with Gasteiger partial charge in [0.1, 0.15) is 5.82 Å². The van der Waals surface area contributed by atoms with E-state index in [1.165, 1.54) is 11.1 Å². The van der Waals surface area contributed by atoms with Gasteiger partial charge >= 0.3 is 0 Å². The molecule has 172 valence electrons. The van der Waals surface area contributed by atoms with Crippen LogP contribution in [0.3, 0.4) is 0 Å². The molecule has 2 aromatic carbocycles. The Balaban J connectivity index is 1.41. The number of rotatable bonds is 10. The molecule has 0 saturated heterocycles. The van der Waals surface area contributed by atoms with E-state index in [1.807, 2.05) is 7.05 Å². The van der Waals surface area contributed by atoms with Gasteiger partial charge in [-0.15, -0.1) is 0 Å². The molecule has 7 heteroatoms. The van der Waals surface area contributed by atoms with Crippen LogP contribution >= 0.6 is 0 Å². The van der Waals surface area contributed by atoms with Crippen LogP contribution in [-0.4, -0.2) is 43.8 Å². The van der Waals surface area contributed by atoms with Gasteiger partial charge in [0.05, 0.1) is 11.6 Å². The summed E-state index contributed by atoms with van der Waals surface area (Å²) in [5.41, 5.74) is 4.36. The molecule has 0 aliphatic carbocycles. The number of anilines is 3. The van der Waals surface area contributed by atoms with Crippen LogP contribution in [0.1, 0.15) is 31.4 Å². The maximum Gasteiger partial charge on any atom is 0.226 e. The van der Waals surface area contributed by atoms with Crippen LogP contribution in [0.4, 0.5) is 17.5 Å². The molecule has 2 N–H and O–H groups in total. The summed E-state index contributed by atoms with van der Waals surface area (Å²) in [6, 6.07) is 19.4. The van der Waals surface area contributed by atoms with E-state index in [2.05, 4.69) is 96.0 Å². The monoisotopic (exact) mass is 443 g/mol. The molecule has 0 unspecified atom stereocenters. The van der Waals surface area contributed by atoms with E-state index in [4.69, 9.17) is 9.97 Å². The zero-order chi connectivity index (χ0) is 23.2. The predicted octanol–water partition coefficient (Wildman–Crippen LogP) is 5.13. The fraction of sp³-hybridized carbons (Fsp3) is 0.346. The highest BCUT2D eigenvalue weighted by Gasteiger charge is 2.13. The molecule has 0 fully saturated rings. The van der Waals surface area contributed by atoms with Gasteiger partial charge in [-0.1, -0.05) is 48.0 Å². The van der Waals surface area contributed by atoms with Crippen molar-refractivity contribution in [3.63, 3.8) is 0 Å². The molecule has 4 rings (SSSR count). The molecule has 0 aliphatic rings. The van der Waals surface area contributed by atoms with Gasteiger partial charge < -0.3 is 10.6 Å². The first kappa shape index (κ1) is 22.7. The molecule has 33 heavy (non-hydrogen) atoms. The normalized spacial score (nSPS) is 11.5. The Labute approximate surface area is 195 Å². The standard InChI is InChI=1S/C26H33N7/c1-19(2)33(18-21-9-6-5-7-10-21)16-8-15-27-26-30-24(23-17-28-32(4)25(23)31-26)29-22-13-11-20(3)12-14-22/h5-7,9-14,17,19H,8,15-16,18H2,1-4H3,(H2,27,29,30,31). The maximum absolute atomic E-state index is 4.75. The molecule has 0 saturated carbocycles. The van der Waals surface area contributed by atoms with Gasteiger partial charge in [0, 0.05) is 38.4 Å². The first-order valence-corrected chi connectivity index (χ1v) is 11.5. The van der Waals surface area contributed by atoms with Crippen molar-refractivity contribution in [2.75, 3.05) is 23.7 Å². The van der Waals surface area contributed by atoms with Crippen molar-refractivity contribution in [1.82, 2.24) is 24.6 Å². The topological polar surface area (TPSA) is 70.9 Å². The Morgan fingerprint density at radius 3 is 2.48 bits per heavy atom. The summed E-state index contributed by atoms with van der Waals surface area (Å²) >= 11 is 0. The summed E-state index contributed by atoms with van der Waals surface area (Å²) in [4.78, 5) is 11.9. The highest BCUT2D eigenvalue weighted by Crippen LogP contribution is 2.25. The lowest BCUT2D eigenvalue weighted by Gasteiger charge is -2.26. The Morgan fingerprint density at radius 1 is 1.00 bits per heavy atom. The number of fused-ring (bicyclic) bond motifs is 1. The van der Waals surface area contributed by atoms with Crippen molar-refractivity contribution < 1.29 is 0 Å². The molecule has 0 amide bonds. The van der Waals surface area contributed by atoms with Crippen LogP contribution in [0.25, 0.3) is 11.0 Å². The summed E-state index contributed by atoms with van der Waals surface area (Å²) in [7, 11) is 1.90. The van der Waals surface area contributed by atoms with Crippen LogP contribution in [0, 0.1) is 6.92 Å². The zero-order valence-electron chi connectivity index (χ0n) is 19.9. The Hall–Kier alpha value is -3.45. The second-order valence-electron chi connectivity index (χ2n) is 8.72. The van der Waals surface area contributed by atoms with E-state index < -0.39 is 0 Å². The Kier molecular flexibility index (Phi) is 7.19. The minimum atomic E-state index is 0.484. The van der Waals surface area contributed by atoms with Crippen LogP contribution in [-0.2, 0) is 13.6 Å². The van der Waals surface area contributed by atoms with Gasteiger partial charge in [0.2, 0.25) is 5.95 Å². The van der Waals surface area contributed by atoms with Crippen LogP contribution < -0.4 is 10.6 Å². The van der Waals surface area contributed by atoms with E-state index in [9.17, 15) is 0 Å². The molecule has 0 atom stereocenters. The number of nitrogens with zero attached hydrogens (tertiary/aromatic N) is 5. The third kappa shape index (κ3) is 5.87. The molecule has 2 aromatic heterocycles. The number of aromatic nitrogens is 4. The molecule has 7 nitrogen and oxygen atoms in total. The van der Waals surface area contributed by atoms with Crippen molar-refractivity contribution in [2.45, 2.75) is 39.8 Å². The van der Waals surface area contributed by atoms with E-state index in [1.54, 1.807) is 10.9 Å². The third-order valence-corrected chi connectivity index (χ3v) is 5.77. The Bertz CT molecular complexity index is 1170. The van der Waals surface area contributed by atoms with Crippen molar-refractivity contribution in [3.8, 4) is 0 Å². The number of nitrogens with one attached hydrogen (secondary N) is 2. The molecule has 0 radical (unpaired) electrons. The highest BCUT2D eigenvalue weighted by molar-refractivity contribution is 5.89. The predicted molar refractivity (Wildman–Crippen MR) is 136 cm³/mol. The summed E-state index contributed by atoms with van der Waals surface area (Å²) in [6.07, 6.45) is 2.80. The number of aryl methyl sites for hydroxylation is 2. The van der Waals surface area contributed by atoms with Crippen molar-refractivity contribution >= 4 is 28.5 Å². The van der Waals surface area contributed by atoms with Gasteiger partial charge in [-0.25, -0.2) is 0 Å². The fourth-order valence-corrected chi connectivity index (χ4v) is 3.79. The van der Waals surface area contributed by atoms with Crippen molar-refractivity contribution in [3.05, 3.63) is 71.9 Å².